The van der Waals surface area contributed by atoms with Gasteiger partial charge in [-0.15, -0.1) is 0 Å². The van der Waals surface area contributed by atoms with E-state index in [0.717, 1.165) is 18.4 Å². The molecule has 114 valence electrons. The molecule has 0 aliphatic heterocycles. The first-order chi connectivity index (χ1) is 10.0. The molecule has 1 aromatic heterocycles. The van der Waals surface area contributed by atoms with E-state index < -0.39 is 5.60 Å². The number of carbonyl (C=O) groups is 1. The van der Waals surface area contributed by atoms with Crippen molar-refractivity contribution in [2.24, 2.45) is 0 Å². The van der Waals surface area contributed by atoms with Gasteiger partial charge in [-0.2, -0.15) is 0 Å². The number of fused-ring (bicyclic) bond motifs is 1. The van der Waals surface area contributed by atoms with Crippen molar-refractivity contribution in [1.82, 2.24) is 10.3 Å². The minimum atomic E-state index is -1.26. The third-order valence-corrected chi connectivity index (χ3v) is 3.53. The fraction of sp³-hybridized carbons (Fsp3) is 0.438. The van der Waals surface area contributed by atoms with Crippen molar-refractivity contribution in [3.63, 3.8) is 0 Å². The molecular weight excluding hydrogens is 268 g/mol. The molecule has 2 aromatic rings. The Kier molecular flexibility index (Phi) is 4.98. The van der Waals surface area contributed by atoms with Crippen LogP contribution in [0.15, 0.2) is 30.5 Å². The maximum absolute atomic E-state index is 11.7. The van der Waals surface area contributed by atoms with Gasteiger partial charge >= 0.3 is 0 Å². The maximum Gasteiger partial charge on any atom is 0.220 e. The van der Waals surface area contributed by atoms with Gasteiger partial charge in [0.1, 0.15) is 5.60 Å². The number of aryl methyl sites for hydroxylation is 1. The summed E-state index contributed by atoms with van der Waals surface area (Å²) in [5.74, 6) is -0.108. The summed E-state index contributed by atoms with van der Waals surface area (Å²) in [7, 11) is 0. The monoisotopic (exact) mass is 290 g/mol. The molecule has 0 fully saturated rings. The molecule has 0 spiro atoms. The van der Waals surface area contributed by atoms with Gasteiger partial charge in [0.25, 0.3) is 0 Å². The average molecular weight is 290 g/mol. The lowest BCUT2D eigenvalue weighted by Crippen LogP contribution is -2.43. The van der Waals surface area contributed by atoms with Gasteiger partial charge in [-0.1, -0.05) is 18.2 Å². The molecule has 1 unspecified atom stereocenters. The quantitative estimate of drug-likeness (QED) is 0.621. The number of benzene rings is 1. The van der Waals surface area contributed by atoms with Gasteiger partial charge in [-0.05, 0) is 31.4 Å². The minimum Gasteiger partial charge on any atom is -0.393 e. The number of aliphatic hydroxyl groups is 2. The molecule has 0 saturated heterocycles. The van der Waals surface area contributed by atoms with Crippen LogP contribution in [0, 0.1) is 0 Å². The van der Waals surface area contributed by atoms with E-state index in [4.69, 9.17) is 5.11 Å². The Morgan fingerprint density at radius 2 is 2.14 bits per heavy atom. The van der Waals surface area contributed by atoms with E-state index in [1.807, 2.05) is 24.4 Å². The Balaban J connectivity index is 1.78. The zero-order chi connectivity index (χ0) is 15.3. The van der Waals surface area contributed by atoms with E-state index >= 15 is 0 Å². The van der Waals surface area contributed by atoms with Crippen LogP contribution in [0.4, 0.5) is 0 Å². The van der Waals surface area contributed by atoms with Crippen molar-refractivity contribution in [3.8, 4) is 0 Å². The number of aromatic amines is 1. The Morgan fingerprint density at radius 1 is 1.38 bits per heavy atom. The van der Waals surface area contributed by atoms with Crippen LogP contribution in [0.5, 0.6) is 0 Å². The molecule has 0 saturated carbocycles. The molecule has 0 radical (unpaired) electrons. The van der Waals surface area contributed by atoms with Crippen molar-refractivity contribution < 1.29 is 15.0 Å². The second-order valence-electron chi connectivity index (χ2n) is 5.64. The summed E-state index contributed by atoms with van der Waals surface area (Å²) in [5.41, 5.74) is 1.06. The molecule has 21 heavy (non-hydrogen) atoms. The number of nitrogens with one attached hydrogen (secondary N) is 2. The van der Waals surface area contributed by atoms with Crippen molar-refractivity contribution >= 4 is 16.8 Å². The van der Waals surface area contributed by atoms with Gasteiger partial charge in [-0.3, -0.25) is 4.79 Å². The highest BCUT2D eigenvalue weighted by Crippen LogP contribution is 2.19. The number of hydrogen-bond donors (Lipinski definition) is 4. The Bertz CT molecular complexity index is 604. The SMILES string of the molecule is CC(O)(CO)CNC(=O)CCCc1c[nH]c2ccccc12. The van der Waals surface area contributed by atoms with Gasteiger partial charge < -0.3 is 20.5 Å². The first-order valence-electron chi connectivity index (χ1n) is 7.17. The van der Waals surface area contributed by atoms with Crippen LogP contribution >= 0.6 is 0 Å². The van der Waals surface area contributed by atoms with Crippen LogP contribution in [0.1, 0.15) is 25.3 Å². The van der Waals surface area contributed by atoms with E-state index in [1.54, 1.807) is 0 Å². The van der Waals surface area contributed by atoms with Gasteiger partial charge in [-0.25, -0.2) is 0 Å². The van der Waals surface area contributed by atoms with E-state index in [0.29, 0.717) is 6.42 Å². The van der Waals surface area contributed by atoms with E-state index in [2.05, 4.69) is 16.4 Å². The van der Waals surface area contributed by atoms with Crippen molar-refractivity contribution in [1.29, 1.82) is 0 Å². The summed E-state index contributed by atoms with van der Waals surface area (Å²) in [6, 6.07) is 8.09. The number of para-hydroxylation sites is 1. The molecule has 5 heteroatoms. The molecule has 0 aliphatic carbocycles. The molecule has 1 amide bonds. The molecular formula is C16H22N2O3. The fourth-order valence-electron chi connectivity index (χ4n) is 2.21. The molecule has 1 atom stereocenters. The number of rotatable bonds is 7. The maximum atomic E-state index is 11.7. The summed E-state index contributed by atoms with van der Waals surface area (Å²) in [6.45, 7) is 1.18. The van der Waals surface area contributed by atoms with Gasteiger partial charge in [0.15, 0.2) is 0 Å². The average Bonchev–Trinajstić information content (AvgIpc) is 2.89. The Hall–Kier alpha value is -1.85. The molecule has 0 bridgehead atoms. The lowest BCUT2D eigenvalue weighted by Gasteiger charge is -2.20. The smallest absolute Gasteiger partial charge is 0.220 e. The molecule has 1 heterocycles. The van der Waals surface area contributed by atoms with Crippen molar-refractivity contribution in [2.75, 3.05) is 13.2 Å². The first-order valence-corrected chi connectivity index (χ1v) is 7.17. The predicted molar refractivity (Wildman–Crippen MR) is 82.0 cm³/mol. The molecule has 2 rings (SSSR count). The number of amides is 1. The van der Waals surface area contributed by atoms with E-state index in [-0.39, 0.29) is 19.1 Å². The normalized spacial score (nSPS) is 14.0. The number of H-pyrrole nitrogens is 1. The van der Waals surface area contributed by atoms with Crippen LogP contribution in [0.25, 0.3) is 10.9 Å². The minimum absolute atomic E-state index is 0.0649. The largest absolute Gasteiger partial charge is 0.393 e. The lowest BCUT2D eigenvalue weighted by atomic mass is 10.1. The first kappa shape index (κ1) is 15.5. The highest BCUT2D eigenvalue weighted by Gasteiger charge is 2.19. The predicted octanol–water partition coefficient (Wildman–Crippen LogP) is 1.35. The van der Waals surface area contributed by atoms with E-state index in [1.165, 1.54) is 17.9 Å². The zero-order valence-corrected chi connectivity index (χ0v) is 12.2. The second kappa shape index (κ2) is 6.74. The Morgan fingerprint density at radius 3 is 2.90 bits per heavy atom. The van der Waals surface area contributed by atoms with E-state index in [9.17, 15) is 9.90 Å². The molecule has 0 aliphatic rings. The lowest BCUT2D eigenvalue weighted by molar-refractivity contribution is -0.122. The Labute approximate surface area is 124 Å². The summed E-state index contributed by atoms with van der Waals surface area (Å²) < 4.78 is 0. The summed E-state index contributed by atoms with van der Waals surface area (Å²) in [4.78, 5) is 14.9. The summed E-state index contributed by atoms with van der Waals surface area (Å²) in [5, 5.41) is 22.3. The summed E-state index contributed by atoms with van der Waals surface area (Å²) in [6.07, 6.45) is 3.96. The van der Waals surface area contributed by atoms with Crippen LogP contribution in [-0.2, 0) is 11.2 Å². The van der Waals surface area contributed by atoms with Gasteiger partial charge in [0, 0.05) is 30.1 Å². The highest BCUT2D eigenvalue weighted by molar-refractivity contribution is 5.83. The number of aliphatic hydroxyl groups excluding tert-OH is 1. The third-order valence-electron chi connectivity index (χ3n) is 3.53. The standard InChI is InChI=1S/C16H22N2O3/c1-16(21,11-19)10-18-15(20)8-4-5-12-9-17-14-7-3-2-6-13(12)14/h2-3,6-7,9,17,19,21H,4-5,8,10-11H2,1H3,(H,18,20). The van der Waals surface area contributed by atoms with Crippen molar-refractivity contribution in [2.45, 2.75) is 31.8 Å². The molecule has 4 N–H and O–H groups in total. The highest BCUT2D eigenvalue weighted by atomic mass is 16.3. The number of carbonyl (C=O) groups excluding carboxylic acids is 1. The fourth-order valence-corrected chi connectivity index (χ4v) is 2.21. The molecule has 5 nitrogen and oxygen atoms in total. The topological polar surface area (TPSA) is 85.3 Å². The zero-order valence-electron chi connectivity index (χ0n) is 12.2. The van der Waals surface area contributed by atoms with Crippen molar-refractivity contribution in [3.05, 3.63) is 36.0 Å². The second-order valence-corrected chi connectivity index (χ2v) is 5.64. The van der Waals surface area contributed by atoms with Crippen LogP contribution in [-0.4, -0.2) is 39.9 Å². The third kappa shape index (κ3) is 4.31. The van der Waals surface area contributed by atoms with Crippen LogP contribution < -0.4 is 5.32 Å². The van der Waals surface area contributed by atoms with Crippen LogP contribution in [0.2, 0.25) is 0 Å². The number of aromatic nitrogens is 1. The number of hydrogen-bond acceptors (Lipinski definition) is 3. The van der Waals surface area contributed by atoms with Crippen LogP contribution in [0.3, 0.4) is 0 Å². The van der Waals surface area contributed by atoms with Gasteiger partial charge in [0.2, 0.25) is 5.91 Å². The molecule has 1 aromatic carbocycles. The summed E-state index contributed by atoms with van der Waals surface area (Å²) >= 11 is 0. The van der Waals surface area contributed by atoms with Gasteiger partial charge in [0.05, 0.1) is 6.61 Å².